The highest BCUT2D eigenvalue weighted by Crippen LogP contribution is 2.44. The summed E-state index contributed by atoms with van der Waals surface area (Å²) in [5.74, 6) is -0.777. The number of nitrogens with zero attached hydrogens (tertiary/aromatic N) is 2. The van der Waals surface area contributed by atoms with Crippen LogP contribution in [0.1, 0.15) is 24.8 Å². The molecule has 5 nitrogen and oxygen atoms in total. The minimum atomic E-state index is -0.777. The van der Waals surface area contributed by atoms with Gasteiger partial charge < -0.3 is 9.67 Å². The molecule has 0 radical (unpaired) electrons. The number of hydrogen-bond donors (Lipinski definition) is 1. The van der Waals surface area contributed by atoms with Crippen molar-refractivity contribution in [3.63, 3.8) is 0 Å². The van der Waals surface area contributed by atoms with Gasteiger partial charge in [-0.05, 0) is 30.5 Å². The van der Waals surface area contributed by atoms with Crippen molar-refractivity contribution in [2.45, 2.75) is 24.7 Å². The van der Waals surface area contributed by atoms with Gasteiger partial charge in [-0.25, -0.2) is 4.79 Å². The van der Waals surface area contributed by atoms with Crippen molar-refractivity contribution in [2.24, 2.45) is 7.05 Å². The molecule has 1 fully saturated rings. The summed E-state index contributed by atoms with van der Waals surface area (Å²) in [5, 5.41) is 9.48. The van der Waals surface area contributed by atoms with Crippen molar-refractivity contribution in [3.05, 3.63) is 52.7 Å². The van der Waals surface area contributed by atoms with Crippen molar-refractivity contribution in [2.75, 3.05) is 0 Å². The van der Waals surface area contributed by atoms with E-state index in [9.17, 15) is 14.7 Å². The second-order valence-electron chi connectivity index (χ2n) is 5.35. The first kappa shape index (κ1) is 12.7. The number of aliphatic carboxylic acids is 1. The smallest absolute Gasteiger partial charge is 0.332 e. The molecule has 5 heteroatoms. The molecule has 1 aliphatic carbocycles. The van der Waals surface area contributed by atoms with Gasteiger partial charge in [0.25, 0.3) is 0 Å². The molecule has 1 saturated carbocycles. The molecule has 0 amide bonds. The number of aryl methyl sites for hydroxylation is 1. The Balaban J connectivity index is 2.09. The van der Waals surface area contributed by atoms with E-state index in [-0.39, 0.29) is 5.69 Å². The van der Waals surface area contributed by atoms with Crippen LogP contribution in [0.2, 0.25) is 0 Å². The number of aromatic nitrogens is 2. The largest absolute Gasteiger partial charge is 0.481 e. The fraction of sp³-hybridized carbons (Fsp3) is 0.333. The van der Waals surface area contributed by atoms with Gasteiger partial charge in [-0.15, -0.1) is 0 Å². The lowest BCUT2D eigenvalue weighted by molar-refractivity contribution is -0.147. The molecule has 0 aliphatic heterocycles. The molecule has 1 N–H and O–H groups in total. The number of hydrogen-bond acceptors (Lipinski definition) is 2. The monoisotopic (exact) mass is 272 g/mol. The number of carboxylic acid groups (broad SMARTS) is 1. The Morgan fingerprint density at radius 2 is 2.05 bits per heavy atom. The van der Waals surface area contributed by atoms with Crippen LogP contribution in [0, 0.1) is 0 Å². The van der Waals surface area contributed by atoms with E-state index in [4.69, 9.17) is 0 Å². The summed E-state index contributed by atoms with van der Waals surface area (Å²) in [4.78, 5) is 23.5. The van der Waals surface area contributed by atoms with Gasteiger partial charge in [0.15, 0.2) is 0 Å². The minimum Gasteiger partial charge on any atom is -0.481 e. The molecule has 2 aromatic rings. The highest BCUT2D eigenvalue weighted by Gasteiger charge is 2.45. The van der Waals surface area contributed by atoms with E-state index < -0.39 is 11.4 Å². The molecule has 1 heterocycles. The average Bonchev–Trinajstić information content (AvgIpc) is 2.68. The molecule has 1 aliphatic rings. The predicted octanol–water partition coefficient (Wildman–Crippen LogP) is 1.68. The first-order chi connectivity index (χ1) is 9.54. The summed E-state index contributed by atoms with van der Waals surface area (Å²) >= 11 is 0. The standard InChI is InChI=1S/C15H16N2O3/c1-16-8-9-17(14(16)20)12-5-2-4-11(10-12)15(13(18)19)6-3-7-15/h2,4-5,8-10H,3,6-7H2,1H3,(H,18,19). The molecule has 3 rings (SSSR count). The Morgan fingerprint density at radius 3 is 2.55 bits per heavy atom. The Morgan fingerprint density at radius 1 is 1.30 bits per heavy atom. The first-order valence-corrected chi connectivity index (χ1v) is 6.63. The van der Waals surface area contributed by atoms with Gasteiger partial charge >= 0.3 is 11.7 Å². The molecule has 0 bridgehead atoms. The molecule has 104 valence electrons. The lowest BCUT2D eigenvalue weighted by Crippen LogP contribution is -2.42. The zero-order valence-corrected chi connectivity index (χ0v) is 11.2. The van der Waals surface area contributed by atoms with Gasteiger partial charge in [-0.3, -0.25) is 9.36 Å². The van der Waals surface area contributed by atoms with Crippen molar-refractivity contribution in [1.29, 1.82) is 0 Å². The van der Waals surface area contributed by atoms with E-state index in [1.807, 2.05) is 24.3 Å². The van der Waals surface area contributed by atoms with Gasteiger partial charge in [0.05, 0.1) is 11.1 Å². The fourth-order valence-corrected chi connectivity index (χ4v) is 2.77. The van der Waals surface area contributed by atoms with Gasteiger partial charge in [-0.2, -0.15) is 0 Å². The average molecular weight is 272 g/mol. The van der Waals surface area contributed by atoms with Crippen molar-refractivity contribution >= 4 is 5.97 Å². The van der Waals surface area contributed by atoms with Gasteiger partial charge in [-0.1, -0.05) is 18.6 Å². The van der Waals surface area contributed by atoms with Gasteiger partial charge in [0.1, 0.15) is 0 Å². The second-order valence-corrected chi connectivity index (χ2v) is 5.35. The van der Waals surface area contributed by atoms with E-state index >= 15 is 0 Å². The number of rotatable bonds is 3. The van der Waals surface area contributed by atoms with Gasteiger partial charge in [0.2, 0.25) is 0 Å². The molecule has 0 unspecified atom stereocenters. The Bertz CT molecular complexity index is 723. The summed E-state index contributed by atoms with van der Waals surface area (Å²) in [6, 6.07) is 7.28. The third-order valence-corrected chi connectivity index (χ3v) is 4.24. The van der Waals surface area contributed by atoms with E-state index in [1.54, 1.807) is 19.4 Å². The predicted molar refractivity (Wildman–Crippen MR) is 74.2 cm³/mol. The zero-order chi connectivity index (χ0) is 14.3. The molecule has 0 atom stereocenters. The van der Waals surface area contributed by atoms with Crippen LogP contribution in [0.4, 0.5) is 0 Å². The normalized spacial score (nSPS) is 16.6. The van der Waals surface area contributed by atoms with E-state index in [1.165, 1.54) is 9.13 Å². The number of carboxylic acids is 1. The maximum Gasteiger partial charge on any atom is 0.332 e. The SMILES string of the molecule is Cn1ccn(-c2cccc(C3(C(=O)O)CCC3)c2)c1=O. The molecular weight excluding hydrogens is 256 g/mol. The highest BCUT2D eigenvalue weighted by molar-refractivity contribution is 5.82. The van der Waals surface area contributed by atoms with Crippen molar-refractivity contribution in [3.8, 4) is 5.69 Å². The van der Waals surface area contributed by atoms with Gasteiger partial charge in [0, 0.05) is 19.4 Å². The molecular formula is C15H16N2O3. The fourth-order valence-electron chi connectivity index (χ4n) is 2.77. The summed E-state index contributed by atoms with van der Waals surface area (Å²) in [7, 11) is 1.69. The van der Waals surface area contributed by atoms with E-state index in [0.29, 0.717) is 18.5 Å². The van der Waals surface area contributed by atoms with Crippen LogP contribution >= 0.6 is 0 Å². The summed E-state index contributed by atoms with van der Waals surface area (Å²) in [6.07, 6.45) is 5.63. The molecule has 20 heavy (non-hydrogen) atoms. The Labute approximate surface area is 116 Å². The van der Waals surface area contributed by atoms with E-state index in [2.05, 4.69) is 0 Å². The topological polar surface area (TPSA) is 64.2 Å². The molecule has 1 aromatic carbocycles. The number of carbonyl (C=O) groups is 1. The summed E-state index contributed by atoms with van der Waals surface area (Å²) < 4.78 is 3.01. The molecule has 0 saturated heterocycles. The van der Waals surface area contributed by atoms with Crippen LogP contribution in [-0.4, -0.2) is 20.2 Å². The third-order valence-electron chi connectivity index (χ3n) is 4.24. The maximum atomic E-state index is 12.0. The molecule has 1 aromatic heterocycles. The van der Waals surface area contributed by atoms with Crippen LogP contribution in [-0.2, 0) is 17.3 Å². The van der Waals surface area contributed by atoms with Crippen molar-refractivity contribution in [1.82, 2.24) is 9.13 Å². The Hall–Kier alpha value is -2.30. The summed E-state index contributed by atoms with van der Waals surface area (Å²) in [6.45, 7) is 0. The number of benzene rings is 1. The van der Waals surface area contributed by atoms with Crippen LogP contribution in [0.3, 0.4) is 0 Å². The number of imidazole rings is 1. The maximum absolute atomic E-state index is 12.0. The van der Waals surface area contributed by atoms with Crippen LogP contribution < -0.4 is 5.69 Å². The van der Waals surface area contributed by atoms with E-state index in [0.717, 1.165) is 12.0 Å². The lowest BCUT2D eigenvalue weighted by atomic mass is 9.64. The third kappa shape index (κ3) is 1.70. The quantitative estimate of drug-likeness (QED) is 0.924. The lowest BCUT2D eigenvalue weighted by Gasteiger charge is -2.38. The zero-order valence-electron chi connectivity index (χ0n) is 11.2. The second kappa shape index (κ2) is 4.37. The van der Waals surface area contributed by atoms with Crippen LogP contribution in [0.5, 0.6) is 0 Å². The van der Waals surface area contributed by atoms with Crippen LogP contribution in [0.25, 0.3) is 5.69 Å². The highest BCUT2D eigenvalue weighted by atomic mass is 16.4. The first-order valence-electron chi connectivity index (χ1n) is 6.63. The molecule has 0 spiro atoms. The minimum absolute atomic E-state index is 0.139. The summed E-state index contributed by atoms with van der Waals surface area (Å²) in [5.41, 5.74) is 0.583. The van der Waals surface area contributed by atoms with Crippen molar-refractivity contribution < 1.29 is 9.90 Å². The van der Waals surface area contributed by atoms with Crippen LogP contribution in [0.15, 0.2) is 41.5 Å². The Kier molecular flexibility index (Phi) is 2.78.